The first-order chi connectivity index (χ1) is 7.88. The van der Waals surface area contributed by atoms with Crippen molar-refractivity contribution >= 4 is 23.6 Å². The fraction of sp³-hybridized carbons (Fsp3) is 0.818. The van der Waals surface area contributed by atoms with Crippen molar-refractivity contribution < 1.29 is 9.59 Å². The van der Waals surface area contributed by atoms with E-state index in [-0.39, 0.29) is 24.4 Å². The summed E-state index contributed by atoms with van der Waals surface area (Å²) in [5.41, 5.74) is 5.74. The van der Waals surface area contributed by atoms with Crippen LogP contribution in [0.1, 0.15) is 20.3 Å². The maximum absolute atomic E-state index is 11.8. The van der Waals surface area contributed by atoms with Gasteiger partial charge in [0.2, 0.25) is 11.8 Å². The smallest absolute Gasteiger partial charge is 0.239 e. The number of amides is 2. The van der Waals surface area contributed by atoms with E-state index in [0.717, 1.165) is 5.75 Å². The molecule has 0 unspecified atom stereocenters. The highest BCUT2D eigenvalue weighted by atomic mass is 32.2. The lowest BCUT2D eigenvalue weighted by molar-refractivity contribution is -0.135. The Kier molecular flexibility index (Phi) is 7.99. The Morgan fingerprint density at radius 3 is 2.47 bits per heavy atom. The van der Waals surface area contributed by atoms with Crippen LogP contribution in [0.2, 0.25) is 0 Å². The van der Waals surface area contributed by atoms with E-state index in [1.54, 1.807) is 18.8 Å². The second-order valence-electron chi connectivity index (χ2n) is 4.30. The molecule has 0 aromatic rings. The molecule has 0 spiro atoms. The normalized spacial score (nSPS) is 12.4. The van der Waals surface area contributed by atoms with Crippen molar-refractivity contribution in [2.45, 2.75) is 32.4 Å². The lowest BCUT2D eigenvalue weighted by Crippen LogP contribution is -2.47. The lowest BCUT2D eigenvalue weighted by Gasteiger charge is -2.21. The second-order valence-corrected chi connectivity index (χ2v) is 5.29. The van der Waals surface area contributed by atoms with E-state index in [1.807, 2.05) is 20.1 Å². The Hall–Kier alpha value is -0.750. The second kappa shape index (κ2) is 8.36. The van der Waals surface area contributed by atoms with Crippen molar-refractivity contribution in [1.82, 2.24) is 10.2 Å². The number of carbonyl (C=O) groups excluding carboxylic acids is 2. The summed E-state index contributed by atoms with van der Waals surface area (Å²) in [5, 5.41) is 2.73. The molecule has 0 saturated carbocycles. The van der Waals surface area contributed by atoms with Crippen molar-refractivity contribution in [1.29, 1.82) is 0 Å². The van der Waals surface area contributed by atoms with Crippen molar-refractivity contribution in [2.24, 2.45) is 5.73 Å². The van der Waals surface area contributed by atoms with Gasteiger partial charge in [0.05, 0.1) is 12.6 Å². The fourth-order valence-corrected chi connectivity index (χ4v) is 1.80. The number of carbonyl (C=O) groups is 2. The molecular formula is C11H23N3O2S. The summed E-state index contributed by atoms with van der Waals surface area (Å²) in [6.45, 7) is 3.82. The van der Waals surface area contributed by atoms with E-state index >= 15 is 0 Å². The first-order valence-corrected chi connectivity index (χ1v) is 7.06. The molecule has 0 aliphatic heterocycles. The Labute approximate surface area is 107 Å². The minimum Gasteiger partial charge on any atom is -0.352 e. The van der Waals surface area contributed by atoms with E-state index in [9.17, 15) is 9.59 Å². The molecule has 0 aliphatic carbocycles. The summed E-state index contributed by atoms with van der Waals surface area (Å²) < 4.78 is 0. The van der Waals surface area contributed by atoms with Crippen LogP contribution in [-0.4, -0.2) is 54.4 Å². The Balaban J connectivity index is 4.08. The summed E-state index contributed by atoms with van der Waals surface area (Å²) in [6, 6.07) is -0.435. The van der Waals surface area contributed by atoms with Crippen molar-refractivity contribution in [2.75, 3.05) is 25.6 Å². The number of hydrogen-bond acceptors (Lipinski definition) is 4. The molecular weight excluding hydrogens is 238 g/mol. The molecule has 6 heteroatoms. The van der Waals surface area contributed by atoms with Crippen LogP contribution in [-0.2, 0) is 9.59 Å². The largest absolute Gasteiger partial charge is 0.352 e. The molecule has 100 valence electrons. The van der Waals surface area contributed by atoms with Crippen LogP contribution in [0.5, 0.6) is 0 Å². The van der Waals surface area contributed by atoms with Crippen molar-refractivity contribution in [3.63, 3.8) is 0 Å². The zero-order valence-electron chi connectivity index (χ0n) is 11.0. The average molecular weight is 261 g/mol. The molecule has 5 nitrogen and oxygen atoms in total. The van der Waals surface area contributed by atoms with Gasteiger partial charge in [-0.2, -0.15) is 11.8 Å². The summed E-state index contributed by atoms with van der Waals surface area (Å²) in [5.74, 6) is 0.504. The number of hydrogen-bond donors (Lipinski definition) is 2. The van der Waals surface area contributed by atoms with Crippen molar-refractivity contribution in [3.8, 4) is 0 Å². The molecule has 0 radical (unpaired) electrons. The monoisotopic (exact) mass is 261 g/mol. The molecule has 0 aromatic heterocycles. The summed E-state index contributed by atoms with van der Waals surface area (Å²) >= 11 is 1.65. The third-order valence-corrected chi connectivity index (χ3v) is 2.80. The highest BCUT2D eigenvalue weighted by Gasteiger charge is 2.19. The lowest BCUT2D eigenvalue weighted by atomic mass is 10.2. The van der Waals surface area contributed by atoms with Crippen LogP contribution in [0.3, 0.4) is 0 Å². The molecule has 0 aromatic carbocycles. The van der Waals surface area contributed by atoms with Crippen LogP contribution in [0.25, 0.3) is 0 Å². The first-order valence-electron chi connectivity index (χ1n) is 5.67. The van der Waals surface area contributed by atoms with Gasteiger partial charge >= 0.3 is 0 Å². The highest BCUT2D eigenvalue weighted by molar-refractivity contribution is 7.98. The number of likely N-dealkylation sites (N-methyl/N-ethyl adjacent to an activating group) is 1. The molecule has 0 saturated heterocycles. The minimum absolute atomic E-state index is 0.0595. The van der Waals surface area contributed by atoms with Crippen LogP contribution >= 0.6 is 11.8 Å². The molecule has 3 N–H and O–H groups in total. The summed E-state index contributed by atoms with van der Waals surface area (Å²) in [7, 11) is 1.60. The molecule has 0 heterocycles. The predicted octanol–water partition coefficient (Wildman–Crippen LogP) is 0.0498. The van der Waals surface area contributed by atoms with E-state index in [4.69, 9.17) is 5.73 Å². The predicted molar refractivity (Wildman–Crippen MR) is 71.9 cm³/mol. The Bertz CT molecular complexity index is 259. The van der Waals surface area contributed by atoms with Gasteiger partial charge in [0.1, 0.15) is 0 Å². The Morgan fingerprint density at radius 1 is 1.41 bits per heavy atom. The van der Waals surface area contributed by atoms with Gasteiger partial charge in [-0.1, -0.05) is 0 Å². The summed E-state index contributed by atoms with van der Waals surface area (Å²) in [6.07, 6.45) is 2.60. The maximum Gasteiger partial charge on any atom is 0.239 e. The van der Waals surface area contributed by atoms with Gasteiger partial charge in [0, 0.05) is 13.1 Å². The molecule has 0 aliphatic rings. The van der Waals surface area contributed by atoms with Gasteiger partial charge in [-0.05, 0) is 32.3 Å². The molecule has 0 bridgehead atoms. The van der Waals surface area contributed by atoms with Crippen LogP contribution in [0, 0.1) is 0 Å². The molecule has 1 atom stereocenters. The van der Waals surface area contributed by atoms with Crippen LogP contribution in [0.15, 0.2) is 0 Å². The average Bonchev–Trinajstić information content (AvgIpc) is 2.23. The van der Waals surface area contributed by atoms with Gasteiger partial charge in [-0.15, -0.1) is 0 Å². The molecule has 17 heavy (non-hydrogen) atoms. The topological polar surface area (TPSA) is 75.4 Å². The first kappa shape index (κ1) is 16.2. The third kappa shape index (κ3) is 7.23. The number of nitrogens with two attached hydrogens (primary N) is 1. The molecule has 2 amide bonds. The van der Waals surface area contributed by atoms with Gasteiger partial charge in [0.15, 0.2) is 0 Å². The maximum atomic E-state index is 11.8. The molecule has 0 rings (SSSR count). The fourth-order valence-electron chi connectivity index (χ4n) is 1.31. The van der Waals surface area contributed by atoms with Gasteiger partial charge in [-0.25, -0.2) is 0 Å². The van der Waals surface area contributed by atoms with E-state index in [2.05, 4.69) is 5.32 Å². The number of thioether (sulfide) groups is 1. The van der Waals surface area contributed by atoms with Gasteiger partial charge in [0.25, 0.3) is 0 Å². The highest BCUT2D eigenvalue weighted by Crippen LogP contribution is 2.01. The van der Waals surface area contributed by atoms with Crippen LogP contribution < -0.4 is 11.1 Å². The molecule has 0 fully saturated rings. The zero-order chi connectivity index (χ0) is 13.4. The Morgan fingerprint density at radius 2 is 2.00 bits per heavy atom. The summed E-state index contributed by atoms with van der Waals surface area (Å²) in [4.78, 5) is 24.6. The van der Waals surface area contributed by atoms with E-state index < -0.39 is 6.04 Å². The van der Waals surface area contributed by atoms with Crippen molar-refractivity contribution in [3.05, 3.63) is 0 Å². The number of nitrogens with zero attached hydrogens (tertiary/aromatic N) is 1. The zero-order valence-corrected chi connectivity index (χ0v) is 11.8. The minimum atomic E-state index is -0.515. The standard InChI is InChI=1S/C11H23N3O2S/c1-8(2)13-10(15)7-14(3)11(16)9(12)5-6-17-4/h8-9H,5-7,12H2,1-4H3,(H,13,15)/t9-/m1/s1. The third-order valence-electron chi connectivity index (χ3n) is 2.16. The van der Waals surface area contributed by atoms with Gasteiger partial charge < -0.3 is 16.0 Å². The van der Waals surface area contributed by atoms with Gasteiger partial charge in [-0.3, -0.25) is 9.59 Å². The SMILES string of the molecule is CSCC[C@@H](N)C(=O)N(C)CC(=O)NC(C)C. The quantitative estimate of drug-likeness (QED) is 0.679. The number of rotatable bonds is 7. The van der Waals surface area contributed by atoms with E-state index in [0.29, 0.717) is 6.42 Å². The van der Waals surface area contributed by atoms with Crippen LogP contribution in [0.4, 0.5) is 0 Å². The van der Waals surface area contributed by atoms with E-state index in [1.165, 1.54) is 4.90 Å². The number of nitrogens with one attached hydrogen (secondary N) is 1.